The first kappa shape index (κ1) is 18.7. The van der Waals surface area contributed by atoms with E-state index in [9.17, 15) is 4.79 Å². The summed E-state index contributed by atoms with van der Waals surface area (Å²) in [6, 6.07) is 8.48. The summed E-state index contributed by atoms with van der Waals surface area (Å²) in [5.74, 6) is 0.441. The summed E-state index contributed by atoms with van der Waals surface area (Å²) in [5.41, 5.74) is 6.01. The first-order valence-electron chi connectivity index (χ1n) is 10.3. The summed E-state index contributed by atoms with van der Waals surface area (Å²) in [6.07, 6.45) is 1.86. The van der Waals surface area contributed by atoms with Crippen molar-refractivity contribution < 1.29 is 0 Å². The first-order valence-corrected chi connectivity index (χ1v) is 10.3. The second-order valence-electron chi connectivity index (χ2n) is 8.21. The number of nitrogens with zero attached hydrogens (tertiary/aromatic N) is 6. The fourth-order valence-electron chi connectivity index (χ4n) is 4.25. The number of hydrogen-bond acceptors (Lipinski definition) is 6. The maximum absolute atomic E-state index is 12.9. The number of piperazine rings is 1. The lowest BCUT2D eigenvalue weighted by atomic mass is 10.2. The van der Waals surface area contributed by atoms with Gasteiger partial charge in [0.1, 0.15) is 5.65 Å². The predicted octanol–water partition coefficient (Wildman–Crippen LogP) is 2.13. The van der Waals surface area contributed by atoms with Crippen molar-refractivity contribution in [3.8, 4) is 11.4 Å². The molecule has 1 fully saturated rings. The molecule has 0 bridgehead atoms. The van der Waals surface area contributed by atoms with Crippen LogP contribution in [0.5, 0.6) is 0 Å². The zero-order valence-electron chi connectivity index (χ0n) is 17.7. The number of anilines is 1. The van der Waals surface area contributed by atoms with Gasteiger partial charge in [0.25, 0.3) is 0 Å². The molecular weight excluding hydrogens is 378 g/mol. The summed E-state index contributed by atoms with van der Waals surface area (Å²) in [6.45, 7) is 10.9. The highest BCUT2D eigenvalue weighted by Crippen LogP contribution is 2.23. The Morgan fingerprint density at radius 3 is 2.73 bits per heavy atom. The lowest BCUT2D eigenvalue weighted by Crippen LogP contribution is -2.49. The number of nitrogens with one attached hydrogen (secondary N) is 1. The van der Waals surface area contributed by atoms with E-state index < -0.39 is 0 Å². The molecule has 0 aromatic carbocycles. The quantitative estimate of drug-likeness (QED) is 0.552. The molecule has 4 aromatic rings. The minimum absolute atomic E-state index is 0.314. The van der Waals surface area contributed by atoms with Crippen LogP contribution < -0.4 is 15.9 Å². The molecule has 1 aliphatic rings. The molecule has 8 heteroatoms. The molecule has 1 aliphatic heterocycles. The number of aromatic nitrogens is 5. The summed E-state index contributed by atoms with van der Waals surface area (Å²) < 4.78 is 3.45. The normalized spacial score (nSPS) is 17.2. The van der Waals surface area contributed by atoms with Crippen molar-refractivity contribution in [2.24, 2.45) is 0 Å². The van der Waals surface area contributed by atoms with Crippen LogP contribution in [-0.4, -0.2) is 49.7 Å². The highest BCUT2D eigenvalue weighted by Gasteiger charge is 2.18. The van der Waals surface area contributed by atoms with Crippen LogP contribution in [0, 0.1) is 20.8 Å². The molecule has 1 unspecified atom stereocenters. The number of rotatable bonds is 2. The van der Waals surface area contributed by atoms with Crippen LogP contribution in [0.4, 0.5) is 5.69 Å². The van der Waals surface area contributed by atoms with E-state index in [0.29, 0.717) is 17.5 Å². The van der Waals surface area contributed by atoms with E-state index in [-0.39, 0.29) is 5.69 Å². The Kier molecular flexibility index (Phi) is 4.32. The SMILES string of the molecule is Cc1cc2cc(-c3nc(=O)n4cc(N5CCNC(C)C5)cc(C)c4n3)cc(C)n2n1. The van der Waals surface area contributed by atoms with Gasteiger partial charge in [-0.05, 0) is 57.5 Å². The summed E-state index contributed by atoms with van der Waals surface area (Å²) in [7, 11) is 0. The van der Waals surface area contributed by atoms with Crippen LogP contribution in [0.25, 0.3) is 22.6 Å². The fraction of sp³-hybridized carbons (Fsp3) is 0.364. The third-order valence-electron chi connectivity index (χ3n) is 5.68. The van der Waals surface area contributed by atoms with Crippen molar-refractivity contribution in [3.63, 3.8) is 0 Å². The monoisotopic (exact) mass is 403 g/mol. The Hall–Kier alpha value is -3.26. The Morgan fingerprint density at radius 2 is 1.93 bits per heavy atom. The van der Waals surface area contributed by atoms with Gasteiger partial charge in [0.15, 0.2) is 5.82 Å². The molecule has 5 rings (SSSR count). The second-order valence-corrected chi connectivity index (χ2v) is 8.21. The summed E-state index contributed by atoms with van der Waals surface area (Å²) in [4.78, 5) is 24.3. The van der Waals surface area contributed by atoms with Crippen molar-refractivity contribution in [2.45, 2.75) is 33.7 Å². The molecule has 8 nitrogen and oxygen atoms in total. The third kappa shape index (κ3) is 3.13. The maximum Gasteiger partial charge on any atom is 0.355 e. The van der Waals surface area contributed by atoms with E-state index in [1.54, 1.807) is 4.40 Å². The van der Waals surface area contributed by atoms with Crippen molar-refractivity contribution >= 4 is 16.9 Å². The molecule has 0 amide bonds. The standard InChI is InChI=1S/C22H25N7O/c1-13-7-19(27-6-5-23-15(3)11-27)12-28-21(13)24-20(25-22(28)30)17-9-16(4)29-18(10-17)8-14(2)26-29/h7-10,12,15,23H,5-6,11H2,1-4H3. The van der Waals surface area contributed by atoms with Gasteiger partial charge in [0.2, 0.25) is 0 Å². The largest absolute Gasteiger partial charge is 0.368 e. The summed E-state index contributed by atoms with van der Waals surface area (Å²) >= 11 is 0. The van der Waals surface area contributed by atoms with E-state index >= 15 is 0 Å². The van der Waals surface area contributed by atoms with Gasteiger partial charge < -0.3 is 10.2 Å². The molecule has 5 heterocycles. The maximum atomic E-state index is 12.9. The van der Waals surface area contributed by atoms with Gasteiger partial charge in [0.05, 0.1) is 16.9 Å². The minimum Gasteiger partial charge on any atom is -0.368 e. The number of pyridine rings is 2. The van der Waals surface area contributed by atoms with Crippen LogP contribution in [0.3, 0.4) is 0 Å². The van der Waals surface area contributed by atoms with E-state index in [1.165, 1.54) is 0 Å². The Balaban J connectivity index is 1.63. The van der Waals surface area contributed by atoms with Crippen LogP contribution in [0.2, 0.25) is 0 Å². The first-order chi connectivity index (χ1) is 14.4. The van der Waals surface area contributed by atoms with E-state index in [4.69, 9.17) is 4.98 Å². The van der Waals surface area contributed by atoms with Gasteiger partial charge in [-0.15, -0.1) is 0 Å². The van der Waals surface area contributed by atoms with Crippen molar-refractivity contribution in [1.82, 2.24) is 29.3 Å². The lowest BCUT2D eigenvalue weighted by molar-refractivity contribution is 0.484. The number of aryl methyl sites for hydroxylation is 3. The number of hydrogen-bond donors (Lipinski definition) is 1. The Bertz CT molecular complexity index is 1340. The van der Waals surface area contributed by atoms with Crippen LogP contribution in [0.15, 0.2) is 35.3 Å². The van der Waals surface area contributed by atoms with Gasteiger partial charge in [-0.25, -0.2) is 18.7 Å². The Morgan fingerprint density at radius 1 is 1.10 bits per heavy atom. The van der Waals surface area contributed by atoms with Gasteiger partial charge >= 0.3 is 5.69 Å². The highest BCUT2D eigenvalue weighted by molar-refractivity contribution is 5.67. The van der Waals surface area contributed by atoms with Gasteiger partial charge in [-0.1, -0.05) is 0 Å². The lowest BCUT2D eigenvalue weighted by Gasteiger charge is -2.33. The molecule has 4 aromatic heterocycles. The fourth-order valence-corrected chi connectivity index (χ4v) is 4.25. The van der Waals surface area contributed by atoms with E-state index in [0.717, 1.165) is 53.4 Å². The third-order valence-corrected chi connectivity index (χ3v) is 5.68. The second kappa shape index (κ2) is 6.91. The number of fused-ring (bicyclic) bond motifs is 2. The molecule has 0 aliphatic carbocycles. The molecule has 1 atom stereocenters. The molecule has 154 valence electrons. The molecule has 0 saturated carbocycles. The summed E-state index contributed by atoms with van der Waals surface area (Å²) in [5, 5.41) is 7.94. The van der Waals surface area contributed by atoms with E-state index in [1.807, 2.05) is 49.7 Å². The minimum atomic E-state index is -0.314. The van der Waals surface area contributed by atoms with Crippen molar-refractivity contribution in [2.75, 3.05) is 24.5 Å². The Labute approximate surface area is 174 Å². The molecule has 1 N–H and O–H groups in total. The average molecular weight is 403 g/mol. The zero-order chi connectivity index (χ0) is 21.0. The molecule has 30 heavy (non-hydrogen) atoms. The van der Waals surface area contributed by atoms with E-state index in [2.05, 4.69) is 33.3 Å². The van der Waals surface area contributed by atoms with Crippen LogP contribution >= 0.6 is 0 Å². The van der Waals surface area contributed by atoms with Gasteiger partial charge in [-0.3, -0.25) is 0 Å². The van der Waals surface area contributed by atoms with Crippen molar-refractivity contribution in [1.29, 1.82) is 0 Å². The molecule has 0 radical (unpaired) electrons. The van der Waals surface area contributed by atoms with Gasteiger partial charge in [-0.2, -0.15) is 10.1 Å². The van der Waals surface area contributed by atoms with Gasteiger partial charge in [0, 0.05) is 43.1 Å². The topological polar surface area (TPSA) is 79.8 Å². The van der Waals surface area contributed by atoms with Crippen LogP contribution in [-0.2, 0) is 0 Å². The smallest absolute Gasteiger partial charge is 0.355 e. The van der Waals surface area contributed by atoms with Crippen LogP contribution in [0.1, 0.15) is 23.9 Å². The van der Waals surface area contributed by atoms with Crippen molar-refractivity contribution in [3.05, 3.63) is 57.9 Å². The predicted molar refractivity (Wildman–Crippen MR) is 117 cm³/mol. The highest BCUT2D eigenvalue weighted by atomic mass is 16.1. The zero-order valence-corrected chi connectivity index (χ0v) is 17.7. The molecule has 0 spiro atoms. The molecular formula is C22H25N7O. The molecule has 1 saturated heterocycles. The average Bonchev–Trinajstić information content (AvgIpc) is 3.09.